The summed E-state index contributed by atoms with van der Waals surface area (Å²) < 4.78 is 0. The number of benzene rings is 2. The highest BCUT2D eigenvalue weighted by Gasteiger charge is 2.15. The molecule has 0 aromatic heterocycles. The number of amides is 1. The van der Waals surface area contributed by atoms with Gasteiger partial charge in [0.15, 0.2) is 0 Å². The first-order valence-electron chi connectivity index (χ1n) is 9.69. The molecule has 2 aromatic carbocycles. The zero-order valence-electron chi connectivity index (χ0n) is 17.5. The highest BCUT2D eigenvalue weighted by Crippen LogP contribution is 2.32. The maximum absolute atomic E-state index is 12.5. The van der Waals surface area contributed by atoms with Crippen molar-refractivity contribution in [2.24, 2.45) is 0 Å². The summed E-state index contributed by atoms with van der Waals surface area (Å²) in [7, 11) is 4.05. The molecule has 4 nitrogen and oxygen atoms in total. The summed E-state index contributed by atoms with van der Waals surface area (Å²) in [5.41, 5.74) is 5.69. The summed E-state index contributed by atoms with van der Waals surface area (Å²) in [5.74, 6) is 0.722. The SMILES string of the molecule is CC(C)c1cccc(C(C)C)c1NC(=O)CNCc1ccc(N(C)C)cc1. The lowest BCUT2D eigenvalue weighted by atomic mass is 9.92. The van der Waals surface area contributed by atoms with Gasteiger partial charge in [-0.3, -0.25) is 4.79 Å². The van der Waals surface area contributed by atoms with Gasteiger partial charge in [0.2, 0.25) is 5.91 Å². The van der Waals surface area contributed by atoms with Gasteiger partial charge in [-0.2, -0.15) is 0 Å². The average molecular weight is 368 g/mol. The molecule has 0 fully saturated rings. The number of carbonyl (C=O) groups is 1. The summed E-state index contributed by atoms with van der Waals surface area (Å²) >= 11 is 0. The zero-order valence-corrected chi connectivity index (χ0v) is 17.5. The summed E-state index contributed by atoms with van der Waals surface area (Å²) in [4.78, 5) is 14.6. The van der Waals surface area contributed by atoms with Crippen LogP contribution in [-0.4, -0.2) is 26.5 Å². The predicted octanol–water partition coefficient (Wildman–Crippen LogP) is 4.73. The number of rotatable bonds is 8. The molecule has 0 unspecified atom stereocenters. The number of nitrogens with one attached hydrogen (secondary N) is 2. The molecular formula is C23H33N3O. The zero-order chi connectivity index (χ0) is 20.0. The molecule has 0 spiro atoms. The first kappa shape index (κ1) is 21.0. The molecule has 2 aromatic rings. The van der Waals surface area contributed by atoms with E-state index in [0.717, 1.165) is 5.69 Å². The lowest BCUT2D eigenvalue weighted by molar-refractivity contribution is -0.115. The molecule has 0 atom stereocenters. The van der Waals surface area contributed by atoms with Crippen molar-refractivity contribution >= 4 is 17.3 Å². The molecule has 0 heterocycles. The van der Waals surface area contributed by atoms with E-state index >= 15 is 0 Å². The van der Waals surface area contributed by atoms with Crippen molar-refractivity contribution in [2.45, 2.75) is 46.1 Å². The summed E-state index contributed by atoms with van der Waals surface area (Å²) in [5, 5.41) is 6.39. The minimum Gasteiger partial charge on any atom is -0.378 e. The van der Waals surface area contributed by atoms with Crippen molar-refractivity contribution in [3.05, 3.63) is 59.2 Å². The number of para-hydroxylation sites is 1. The van der Waals surface area contributed by atoms with Crippen LogP contribution in [0.15, 0.2) is 42.5 Å². The first-order chi connectivity index (χ1) is 12.8. The minimum absolute atomic E-state index is 0.00471. The third-order valence-electron chi connectivity index (χ3n) is 4.70. The van der Waals surface area contributed by atoms with Crippen molar-refractivity contribution in [3.63, 3.8) is 0 Å². The fraction of sp³-hybridized carbons (Fsp3) is 0.435. The highest BCUT2D eigenvalue weighted by atomic mass is 16.1. The Bertz CT molecular complexity index is 722. The number of hydrogen-bond donors (Lipinski definition) is 2. The van der Waals surface area contributed by atoms with Crippen molar-refractivity contribution in [2.75, 3.05) is 30.9 Å². The van der Waals surface area contributed by atoms with E-state index in [-0.39, 0.29) is 5.91 Å². The first-order valence-corrected chi connectivity index (χ1v) is 9.69. The molecule has 0 radical (unpaired) electrons. The van der Waals surface area contributed by atoms with E-state index in [2.05, 4.69) is 85.7 Å². The van der Waals surface area contributed by atoms with Crippen LogP contribution in [0, 0.1) is 0 Å². The highest BCUT2D eigenvalue weighted by molar-refractivity contribution is 5.94. The van der Waals surface area contributed by atoms with Gasteiger partial charge in [-0.15, -0.1) is 0 Å². The van der Waals surface area contributed by atoms with Crippen molar-refractivity contribution in [3.8, 4) is 0 Å². The molecule has 0 aliphatic rings. The Labute approximate surface area is 164 Å². The van der Waals surface area contributed by atoms with Gasteiger partial charge >= 0.3 is 0 Å². The number of hydrogen-bond acceptors (Lipinski definition) is 3. The molecule has 0 aliphatic carbocycles. The lowest BCUT2D eigenvalue weighted by Crippen LogP contribution is -2.28. The fourth-order valence-corrected chi connectivity index (χ4v) is 3.11. The van der Waals surface area contributed by atoms with Crippen LogP contribution >= 0.6 is 0 Å². The Hall–Kier alpha value is -2.33. The minimum atomic E-state index is -0.00471. The van der Waals surface area contributed by atoms with Crippen molar-refractivity contribution in [1.82, 2.24) is 5.32 Å². The van der Waals surface area contributed by atoms with Crippen LogP contribution in [0.1, 0.15) is 56.2 Å². The van der Waals surface area contributed by atoms with E-state index in [1.807, 2.05) is 14.1 Å². The van der Waals surface area contributed by atoms with Gasteiger partial charge < -0.3 is 15.5 Å². The summed E-state index contributed by atoms with van der Waals surface area (Å²) in [6.07, 6.45) is 0. The van der Waals surface area contributed by atoms with E-state index in [9.17, 15) is 4.79 Å². The quantitative estimate of drug-likeness (QED) is 0.709. The van der Waals surface area contributed by atoms with E-state index in [1.165, 1.54) is 22.4 Å². The number of carbonyl (C=O) groups excluding carboxylic acids is 1. The molecule has 27 heavy (non-hydrogen) atoms. The second-order valence-electron chi connectivity index (χ2n) is 7.83. The van der Waals surface area contributed by atoms with Crippen LogP contribution in [0.25, 0.3) is 0 Å². The van der Waals surface area contributed by atoms with Gasteiger partial charge in [-0.25, -0.2) is 0 Å². The van der Waals surface area contributed by atoms with Gasteiger partial charge in [0, 0.05) is 32.0 Å². The smallest absolute Gasteiger partial charge is 0.238 e. The van der Waals surface area contributed by atoms with Gasteiger partial charge in [0.25, 0.3) is 0 Å². The Kier molecular flexibility index (Phi) is 7.43. The normalized spacial score (nSPS) is 11.1. The average Bonchev–Trinajstić information content (AvgIpc) is 2.61. The second-order valence-corrected chi connectivity index (χ2v) is 7.83. The second kappa shape index (κ2) is 9.56. The molecule has 2 rings (SSSR count). The molecule has 0 aliphatic heterocycles. The van der Waals surface area contributed by atoms with Crippen LogP contribution in [0.5, 0.6) is 0 Å². The third-order valence-corrected chi connectivity index (χ3v) is 4.70. The standard InChI is InChI=1S/C23H33N3O/c1-16(2)20-8-7-9-21(17(3)4)23(20)25-22(27)15-24-14-18-10-12-19(13-11-18)26(5)6/h7-13,16-17,24H,14-15H2,1-6H3,(H,25,27). The third kappa shape index (κ3) is 5.83. The topological polar surface area (TPSA) is 44.4 Å². The molecule has 146 valence electrons. The van der Waals surface area contributed by atoms with Crippen LogP contribution in [0.4, 0.5) is 11.4 Å². The van der Waals surface area contributed by atoms with Gasteiger partial charge in [0.1, 0.15) is 0 Å². The van der Waals surface area contributed by atoms with Crippen molar-refractivity contribution < 1.29 is 4.79 Å². The van der Waals surface area contributed by atoms with Gasteiger partial charge in [0.05, 0.1) is 6.54 Å². The molecule has 0 bridgehead atoms. The van der Waals surface area contributed by atoms with Gasteiger partial charge in [-0.05, 0) is 40.7 Å². The molecule has 0 saturated carbocycles. The lowest BCUT2D eigenvalue weighted by Gasteiger charge is -2.20. The molecular weight excluding hydrogens is 334 g/mol. The van der Waals surface area contributed by atoms with Crippen LogP contribution in [0.2, 0.25) is 0 Å². The molecule has 1 amide bonds. The van der Waals surface area contributed by atoms with E-state index < -0.39 is 0 Å². The van der Waals surface area contributed by atoms with Crippen LogP contribution in [0.3, 0.4) is 0 Å². The predicted molar refractivity (Wildman–Crippen MR) is 116 cm³/mol. The van der Waals surface area contributed by atoms with E-state index in [4.69, 9.17) is 0 Å². The molecule has 4 heteroatoms. The Morgan fingerprint density at radius 1 is 0.926 bits per heavy atom. The monoisotopic (exact) mass is 367 g/mol. The van der Waals surface area contributed by atoms with Crippen LogP contribution < -0.4 is 15.5 Å². The summed E-state index contributed by atoms with van der Waals surface area (Å²) in [6.45, 7) is 9.59. The van der Waals surface area contributed by atoms with E-state index in [0.29, 0.717) is 24.9 Å². The number of nitrogens with zero attached hydrogens (tertiary/aromatic N) is 1. The Balaban J connectivity index is 1.97. The van der Waals surface area contributed by atoms with Crippen molar-refractivity contribution in [1.29, 1.82) is 0 Å². The largest absolute Gasteiger partial charge is 0.378 e. The Morgan fingerprint density at radius 3 is 1.96 bits per heavy atom. The maximum atomic E-state index is 12.5. The van der Waals surface area contributed by atoms with E-state index in [1.54, 1.807) is 0 Å². The Morgan fingerprint density at radius 2 is 1.48 bits per heavy atom. The fourth-order valence-electron chi connectivity index (χ4n) is 3.11. The number of anilines is 2. The molecule has 2 N–H and O–H groups in total. The maximum Gasteiger partial charge on any atom is 0.238 e. The summed E-state index contributed by atoms with van der Waals surface area (Å²) in [6, 6.07) is 14.6. The molecule has 0 saturated heterocycles. The van der Waals surface area contributed by atoms with Gasteiger partial charge in [-0.1, -0.05) is 58.0 Å². The van der Waals surface area contributed by atoms with Crippen LogP contribution in [-0.2, 0) is 11.3 Å².